The molecular formula is C16H19ClCrO5Si. The van der Waals surface area contributed by atoms with E-state index < -0.39 is 8.32 Å². The zero-order valence-corrected chi connectivity index (χ0v) is 17.0. The van der Waals surface area contributed by atoms with Crippen LogP contribution in [0.3, 0.4) is 0 Å². The summed E-state index contributed by atoms with van der Waals surface area (Å²) in [4.78, 5) is 11.3. The zero-order chi connectivity index (χ0) is 19.1. The molecule has 0 unspecified atom stereocenters. The van der Waals surface area contributed by atoms with Crippen molar-refractivity contribution in [3.8, 4) is 0 Å². The van der Waals surface area contributed by atoms with E-state index in [1.807, 2.05) is 24.3 Å². The molecule has 0 heterocycles. The normalized spacial score (nSPS) is 9.79. The second-order valence-corrected chi connectivity index (χ2v) is 10.0. The van der Waals surface area contributed by atoms with Gasteiger partial charge in [-0.05, 0) is 38.2 Å². The van der Waals surface area contributed by atoms with Crippen molar-refractivity contribution in [1.82, 2.24) is 0 Å². The summed E-state index contributed by atoms with van der Waals surface area (Å²) in [5, 5.41) is 0.664. The molecule has 0 amide bonds. The Balaban J connectivity index is -0.000000256. The van der Waals surface area contributed by atoms with E-state index in [-0.39, 0.29) is 29.2 Å². The number of carbonyl (C=O) groups is 1. The second kappa shape index (κ2) is 18.4. The van der Waals surface area contributed by atoms with Crippen molar-refractivity contribution in [2.24, 2.45) is 0 Å². The molecule has 0 spiro atoms. The fraction of sp³-hybridized carbons (Fsp3) is 0.375. The molecule has 0 aromatic heterocycles. The van der Waals surface area contributed by atoms with Gasteiger partial charge in [-0.1, -0.05) is 29.8 Å². The van der Waals surface area contributed by atoms with Crippen LogP contribution >= 0.6 is 11.6 Å². The molecule has 0 radical (unpaired) electrons. The van der Waals surface area contributed by atoms with E-state index in [1.54, 1.807) is 6.92 Å². The van der Waals surface area contributed by atoms with Crippen LogP contribution in [0.1, 0.15) is 25.0 Å². The van der Waals surface area contributed by atoms with Crippen molar-refractivity contribution in [2.75, 3.05) is 0 Å². The van der Waals surface area contributed by atoms with E-state index >= 15 is 0 Å². The SMILES string of the molecule is CC(=O)C[C@H](O[Si](C)(C)C)c1ccccc1Cl.[C-]#[O+].[C-]#[O+].[C-]#[O+].[Cr]. The number of hydrogen-bond donors (Lipinski definition) is 0. The molecule has 0 saturated heterocycles. The van der Waals surface area contributed by atoms with Gasteiger partial charge in [-0.2, -0.15) is 0 Å². The molecule has 8 heteroatoms. The Kier molecular flexibility index (Phi) is 23.8. The second-order valence-electron chi connectivity index (χ2n) is 5.15. The van der Waals surface area contributed by atoms with Gasteiger partial charge in [0.05, 0.1) is 6.10 Å². The predicted molar refractivity (Wildman–Crippen MR) is 85.7 cm³/mol. The zero-order valence-electron chi connectivity index (χ0n) is 13.9. The Morgan fingerprint density at radius 1 is 1.12 bits per heavy atom. The van der Waals surface area contributed by atoms with Crippen molar-refractivity contribution in [3.63, 3.8) is 0 Å². The van der Waals surface area contributed by atoms with Crippen LogP contribution in [0.5, 0.6) is 0 Å². The minimum Gasteiger partial charge on any atom is 0 e. The molecule has 1 aromatic carbocycles. The smallest absolute Gasteiger partial charge is 0 e. The summed E-state index contributed by atoms with van der Waals surface area (Å²) >= 11 is 6.16. The molecule has 0 saturated carbocycles. The van der Waals surface area contributed by atoms with Crippen LogP contribution < -0.4 is 0 Å². The third-order valence-corrected chi connectivity index (χ3v) is 3.56. The average molecular weight is 407 g/mol. The average Bonchev–Trinajstić information content (AvgIpc) is 2.51. The summed E-state index contributed by atoms with van der Waals surface area (Å²) in [7, 11) is -1.70. The largest absolute Gasteiger partial charge is 0 e. The van der Waals surface area contributed by atoms with Gasteiger partial charge in [0.25, 0.3) is 0 Å². The molecule has 130 valence electrons. The first-order chi connectivity index (χ1) is 10.8. The number of rotatable bonds is 5. The first-order valence-electron chi connectivity index (χ1n) is 6.32. The van der Waals surface area contributed by atoms with Gasteiger partial charge in [0.2, 0.25) is 0 Å². The summed E-state index contributed by atoms with van der Waals surface area (Å²) < 4.78 is 28.5. The van der Waals surface area contributed by atoms with E-state index in [2.05, 4.69) is 39.6 Å². The number of halogens is 1. The summed E-state index contributed by atoms with van der Waals surface area (Å²) in [6.07, 6.45) is 0.168. The maximum absolute atomic E-state index is 11.3. The van der Waals surface area contributed by atoms with E-state index in [9.17, 15) is 4.79 Å². The maximum Gasteiger partial charge on any atom is 0 e. The molecule has 5 nitrogen and oxygen atoms in total. The van der Waals surface area contributed by atoms with Crippen LogP contribution in [0.25, 0.3) is 0 Å². The number of carbonyl (C=O) groups excluding carboxylic acids is 1. The number of Topliss-reactive ketones (excluding diaryl/α,β-unsaturated/α-hetero) is 1. The minimum absolute atomic E-state index is 0. The van der Waals surface area contributed by atoms with Gasteiger partial charge in [0.1, 0.15) is 5.78 Å². The standard InChI is InChI=1S/C13H19ClO2Si.3CO.Cr/c1-10(15)9-13(16-17(2,3)4)11-7-5-6-8-12(11)14;3*1-2;/h5-8,13H,9H2,1-4H3;;;;/t13-;;;;/m0..../s1. The van der Waals surface area contributed by atoms with Crippen molar-refractivity contribution in [3.05, 3.63) is 54.8 Å². The van der Waals surface area contributed by atoms with Crippen LogP contribution in [0.2, 0.25) is 24.7 Å². The summed E-state index contributed by atoms with van der Waals surface area (Å²) in [6.45, 7) is 21.4. The summed E-state index contributed by atoms with van der Waals surface area (Å²) in [5.41, 5.74) is 0.909. The molecular weight excluding hydrogens is 388 g/mol. The van der Waals surface area contributed by atoms with E-state index in [0.29, 0.717) is 11.4 Å². The van der Waals surface area contributed by atoms with Gasteiger partial charge in [-0.15, -0.1) is 0 Å². The fourth-order valence-electron chi connectivity index (χ4n) is 1.64. The van der Waals surface area contributed by atoms with Crippen LogP contribution in [0, 0.1) is 20.0 Å². The number of hydrogen-bond acceptors (Lipinski definition) is 2. The molecule has 24 heavy (non-hydrogen) atoms. The molecule has 0 aliphatic rings. The molecule has 1 aromatic rings. The molecule has 0 fully saturated rings. The van der Waals surface area contributed by atoms with E-state index in [4.69, 9.17) is 30.0 Å². The Morgan fingerprint density at radius 3 is 1.88 bits per heavy atom. The molecule has 1 atom stereocenters. The summed E-state index contributed by atoms with van der Waals surface area (Å²) in [6, 6.07) is 7.56. The third-order valence-electron chi connectivity index (χ3n) is 2.22. The molecule has 0 aliphatic carbocycles. The summed E-state index contributed by atoms with van der Waals surface area (Å²) in [5.74, 6) is 0.119. The number of benzene rings is 1. The van der Waals surface area contributed by atoms with Gasteiger partial charge in [-0.25, -0.2) is 0 Å². The molecule has 0 bridgehead atoms. The number of ketones is 1. The fourth-order valence-corrected chi connectivity index (χ4v) is 2.96. The Labute approximate surface area is 160 Å². The quantitative estimate of drug-likeness (QED) is 0.419. The Morgan fingerprint density at radius 2 is 1.54 bits per heavy atom. The van der Waals surface area contributed by atoms with Gasteiger partial charge in [0.15, 0.2) is 8.32 Å². The van der Waals surface area contributed by atoms with Gasteiger partial charge in [-0.3, -0.25) is 4.79 Å². The molecule has 0 N–H and O–H groups in total. The molecule has 1 rings (SSSR count). The van der Waals surface area contributed by atoms with Crippen molar-refractivity contribution in [1.29, 1.82) is 0 Å². The molecule has 0 aliphatic heterocycles. The van der Waals surface area contributed by atoms with E-state index in [0.717, 1.165) is 5.56 Å². The van der Waals surface area contributed by atoms with Crippen LogP contribution in [-0.4, -0.2) is 14.1 Å². The van der Waals surface area contributed by atoms with Crippen molar-refractivity contribution in [2.45, 2.75) is 39.1 Å². The Bertz CT molecular complexity index is 509. The Hall–Kier alpha value is -0.891. The van der Waals surface area contributed by atoms with Crippen LogP contribution in [0.4, 0.5) is 0 Å². The van der Waals surface area contributed by atoms with Gasteiger partial charge < -0.3 is 4.43 Å². The van der Waals surface area contributed by atoms with Gasteiger partial charge >= 0.3 is 33.9 Å². The topological polar surface area (TPSA) is 86.0 Å². The monoisotopic (exact) mass is 406 g/mol. The first kappa shape index (κ1) is 30.9. The van der Waals surface area contributed by atoms with Gasteiger partial charge in [0, 0.05) is 28.8 Å². The van der Waals surface area contributed by atoms with E-state index in [1.165, 1.54) is 0 Å². The van der Waals surface area contributed by atoms with Crippen LogP contribution in [0.15, 0.2) is 24.3 Å². The predicted octanol–water partition coefficient (Wildman–Crippen LogP) is 4.10. The van der Waals surface area contributed by atoms with Crippen molar-refractivity contribution < 1.29 is 40.5 Å². The van der Waals surface area contributed by atoms with Crippen molar-refractivity contribution >= 4 is 25.7 Å². The maximum atomic E-state index is 11.3. The third kappa shape index (κ3) is 16.0. The minimum atomic E-state index is -1.70. The van der Waals surface area contributed by atoms with Crippen LogP contribution in [-0.2, 0) is 40.5 Å². The first-order valence-corrected chi connectivity index (χ1v) is 10.1.